The first-order chi connectivity index (χ1) is 11.8. The van der Waals surface area contributed by atoms with Crippen LogP contribution in [-0.4, -0.2) is 31.2 Å². The highest BCUT2D eigenvalue weighted by atomic mass is 32.1. The number of benzene rings is 1. The fourth-order valence-corrected chi connectivity index (χ4v) is 2.89. The molecule has 0 saturated heterocycles. The van der Waals surface area contributed by atoms with Gasteiger partial charge in [0.15, 0.2) is 18.1 Å². The second kappa shape index (κ2) is 7.78. The van der Waals surface area contributed by atoms with Gasteiger partial charge in [-0.1, -0.05) is 43.7 Å². The smallest absolute Gasteiger partial charge is 0.358 e. The normalized spacial score (nSPS) is 10.7. The Kier molecular flexibility index (Phi) is 5.27. The predicted molar refractivity (Wildman–Crippen MR) is 89.4 cm³/mol. The Hall–Kier alpha value is -2.61. The lowest BCUT2D eigenvalue weighted by Crippen LogP contribution is -2.11. The molecule has 8 heteroatoms. The Balaban J connectivity index is 1.62. The number of unbranched alkanes of at least 4 members (excludes halogenated alkanes) is 1. The number of ether oxygens (including phenoxy) is 1. The number of esters is 1. The van der Waals surface area contributed by atoms with E-state index in [4.69, 9.17) is 4.74 Å². The Morgan fingerprint density at radius 1 is 1.29 bits per heavy atom. The quantitative estimate of drug-likeness (QED) is 0.613. The molecule has 0 radical (unpaired) electrons. The van der Waals surface area contributed by atoms with Crippen LogP contribution in [0.1, 0.15) is 36.1 Å². The van der Waals surface area contributed by atoms with Crippen molar-refractivity contribution in [3.05, 3.63) is 47.2 Å². The van der Waals surface area contributed by atoms with E-state index in [-0.39, 0.29) is 6.61 Å². The largest absolute Gasteiger partial charge is 0.453 e. The van der Waals surface area contributed by atoms with Gasteiger partial charge in [-0.15, -0.1) is 16.4 Å². The van der Waals surface area contributed by atoms with Crippen LogP contribution >= 0.6 is 11.3 Å². The number of hydrogen-bond acceptors (Lipinski definition) is 7. The summed E-state index contributed by atoms with van der Waals surface area (Å²) in [6, 6.07) is 9.72. The van der Waals surface area contributed by atoms with Gasteiger partial charge in [0.2, 0.25) is 0 Å². The lowest BCUT2D eigenvalue weighted by atomic mass is 10.2. The number of aryl methyl sites for hydroxylation is 1. The van der Waals surface area contributed by atoms with Gasteiger partial charge in [0.1, 0.15) is 5.01 Å². The molecule has 0 aliphatic heterocycles. The van der Waals surface area contributed by atoms with Crippen molar-refractivity contribution in [3.63, 3.8) is 0 Å². The first-order valence-corrected chi connectivity index (χ1v) is 8.59. The van der Waals surface area contributed by atoms with E-state index in [1.54, 1.807) is 10.1 Å². The summed E-state index contributed by atoms with van der Waals surface area (Å²) in [5.41, 5.74) is 1.27. The molecule has 0 N–H and O–H groups in total. The zero-order valence-corrected chi connectivity index (χ0v) is 14.1. The SMILES string of the molecule is CCCCn1nnnc1COC(=O)c1csc(-c2ccccc2)n1. The molecule has 0 unspecified atom stereocenters. The first kappa shape index (κ1) is 16.3. The summed E-state index contributed by atoms with van der Waals surface area (Å²) >= 11 is 1.41. The molecule has 7 nitrogen and oxygen atoms in total. The molecule has 0 amide bonds. The van der Waals surface area contributed by atoms with Gasteiger partial charge in [0, 0.05) is 17.5 Å². The molecule has 0 saturated carbocycles. The highest BCUT2D eigenvalue weighted by Crippen LogP contribution is 2.23. The van der Waals surface area contributed by atoms with Crippen molar-refractivity contribution in [1.82, 2.24) is 25.2 Å². The second-order valence-corrected chi connectivity index (χ2v) is 6.01. The second-order valence-electron chi connectivity index (χ2n) is 5.15. The fourth-order valence-electron chi connectivity index (χ4n) is 2.09. The molecule has 0 aliphatic rings. The minimum atomic E-state index is -0.474. The summed E-state index contributed by atoms with van der Waals surface area (Å²) in [6.07, 6.45) is 2.01. The van der Waals surface area contributed by atoms with Crippen molar-refractivity contribution in [2.45, 2.75) is 32.9 Å². The number of carbonyl (C=O) groups excluding carboxylic acids is 1. The maximum absolute atomic E-state index is 12.2. The van der Waals surface area contributed by atoms with E-state index >= 15 is 0 Å². The lowest BCUT2D eigenvalue weighted by Gasteiger charge is -2.04. The van der Waals surface area contributed by atoms with Crippen molar-refractivity contribution in [3.8, 4) is 10.6 Å². The molecule has 0 bridgehead atoms. The molecule has 0 spiro atoms. The third-order valence-electron chi connectivity index (χ3n) is 3.40. The van der Waals surface area contributed by atoms with Crippen molar-refractivity contribution < 1.29 is 9.53 Å². The van der Waals surface area contributed by atoms with Crippen LogP contribution in [0.15, 0.2) is 35.7 Å². The van der Waals surface area contributed by atoms with E-state index in [0.717, 1.165) is 23.4 Å². The van der Waals surface area contributed by atoms with Crippen molar-refractivity contribution in [2.24, 2.45) is 0 Å². The fraction of sp³-hybridized carbons (Fsp3) is 0.312. The summed E-state index contributed by atoms with van der Waals surface area (Å²) in [6.45, 7) is 2.84. The zero-order chi connectivity index (χ0) is 16.8. The van der Waals surface area contributed by atoms with Gasteiger partial charge in [-0.25, -0.2) is 14.5 Å². The topological polar surface area (TPSA) is 82.8 Å². The molecule has 3 rings (SSSR count). The first-order valence-electron chi connectivity index (χ1n) is 7.71. The molecular weight excluding hydrogens is 326 g/mol. The molecule has 0 aliphatic carbocycles. The minimum absolute atomic E-state index is 0.0355. The standard InChI is InChI=1S/C16H17N5O2S/c1-2-3-9-21-14(18-19-20-21)10-23-16(22)13-11-24-15(17-13)12-7-5-4-6-8-12/h4-8,11H,2-3,9-10H2,1H3. The third-order valence-corrected chi connectivity index (χ3v) is 4.29. The Morgan fingerprint density at radius 2 is 2.12 bits per heavy atom. The molecule has 2 aromatic heterocycles. The van der Waals surface area contributed by atoms with Gasteiger partial charge < -0.3 is 4.74 Å². The van der Waals surface area contributed by atoms with Crippen LogP contribution in [0.5, 0.6) is 0 Å². The van der Waals surface area contributed by atoms with E-state index < -0.39 is 5.97 Å². The lowest BCUT2D eigenvalue weighted by molar-refractivity contribution is 0.0450. The molecule has 3 aromatic rings. The van der Waals surface area contributed by atoms with Gasteiger partial charge >= 0.3 is 5.97 Å². The van der Waals surface area contributed by atoms with Crippen LogP contribution in [0.25, 0.3) is 10.6 Å². The average Bonchev–Trinajstić information content (AvgIpc) is 3.28. The van der Waals surface area contributed by atoms with Gasteiger partial charge in [0.25, 0.3) is 0 Å². The van der Waals surface area contributed by atoms with Crippen LogP contribution in [-0.2, 0) is 17.9 Å². The summed E-state index contributed by atoms with van der Waals surface area (Å²) in [7, 11) is 0. The van der Waals surface area contributed by atoms with E-state index in [1.165, 1.54) is 11.3 Å². The van der Waals surface area contributed by atoms with Crippen molar-refractivity contribution in [2.75, 3.05) is 0 Å². The summed E-state index contributed by atoms with van der Waals surface area (Å²) in [5, 5.41) is 13.9. The highest BCUT2D eigenvalue weighted by molar-refractivity contribution is 7.13. The van der Waals surface area contributed by atoms with E-state index in [9.17, 15) is 4.79 Å². The summed E-state index contributed by atoms with van der Waals surface area (Å²) < 4.78 is 6.94. The van der Waals surface area contributed by atoms with Crippen LogP contribution in [0.2, 0.25) is 0 Å². The molecule has 124 valence electrons. The molecule has 1 aromatic carbocycles. The maximum Gasteiger partial charge on any atom is 0.358 e. The molecule has 0 atom stereocenters. The predicted octanol–water partition coefficient (Wildman–Crippen LogP) is 2.95. The zero-order valence-electron chi connectivity index (χ0n) is 13.3. The van der Waals surface area contributed by atoms with Gasteiger partial charge in [-0.2, -0.15) is 0 Å². The summed E-state index contributed by atoms with van der Waals surface area (Å²) in [4.78, 5) is 16.5. The van der Waals surface area contributed by atoms with Crippen molar-refractivity contribution in [1.29, 1.82) is 0 Å². The highest BCUT2D eigenvalue weighted by Gasteiger charge is 2.15. The molecule has 2 heterocycles. The van der Waals surface area contributed by atoms with E-state index in [2.05, 4.69) is 27.4 Å². The van der Waals surface area contributed by atoms with E-state index in [1.807, 2.05) is 30.3 Å². The number of nitrogens with zero attached hydrogens (tertiary/aromatic N) is 5. The van der Waals surface area contributed by atoms with Crippen LogP contribution < -0.4 is 0 Å². The third kappa shape index (κ3) is 3.83. The number of carbonyl (C=O) groups is 1. The number of tetrazole rings is 1. The monoisotopic (exact) mass is 343 g/mol. The summed E-state index contributed by atoms with van der Waals surface area (Å²) in [5.74, 6) is 0.0637. The average molecular weight is 343 g/mol. The molecule has 0 fully saturated rings. The van der Waals surface area contributed by atoms with Crippen molar-refractivity contribution >= 4 is 17.3 Å². The Bertz CT molecular complexity index is 800. The van der Waals surface area contributed by atoms with Gasteiger partial charge in [-0.3, -0.25) is 0 Å². The van der Waals surface area contributed by atoms with E-state index in [0.29, 0.717) is 18.1 Å². The number of aromatic nitrogens is 5. The Labute approximate surface area is 143 Å². The maximum atomic E-state index is 12.2. The molecular formula is C16H17N5O2S. The number of rotatable bonds is 7. The minimum Gasteiger partial charge on any atom is -0.453 e. The Morgan fingerprint density at radius 3 is 2.92 bits per heavy atom. The number of thiazole rings is 1. The van der Waals surface area contributed by atoms with Crippen LogP contribution in [0, 0.1) is 0 Å². The van der Waals surface area contributed by atoms with Gasteiger partial charge in [0.05, 0.1) is 0 Å². The van der Waals surface area contributed by atoms with Crippen LogP contribution in [0.4, 0.5) is 0 Å². The number of hydrogen-bond donors (Lipinski definition) is 0. The molecule has 24 heavy (non-hydrogen) atoms. The van der Waals surface area contributed by atoms with Crippen LogP contribution in [0.3, 0.4) is 0 Å². The van der Waals surface area contributed by atoms with Gasteiger partial charge in [-0.05, 0) is 16.8 Å².